The summed E-state index contributed by atoms with van der Waals surface area (Å²) in [5.41, 5.74) is 2.46. The molecular weight excluding hydrogens is 624 g/mol. The molecule has 0 amide bonds. The summed E-state index contributed by atoms with van der Waals surface area (Å²) >= 11 is 0. The fourth-order valence-corrected chi connectivity index (χ4v) is 5.09. The molecule has 0 radical (unpaired) electrons. The molecule has 2 saturated heterocycles. The lowest BCUT2D eigenvalue weighted by Crippen LogP contribution is -2.35. The Balaban J connectivity index is 0.904. The molecule has 0 spiro atoms. The van der Waals surface area contributed by atoms with Crippen molar-refractivity contribution in [2.24, 2.45) is 0 Å². The molecule has 0 bridgehead atoms. The second kappa shape index (κ2) is 15.7. The van der Waals surface area contributed by atoms with E-state index in [1.54, 1.807) is 50.6 Å². The monoisotopic (exact) mass is 658 g/mol. The summed E-state index contributed by atoms with van der Waals surface area (Å²) in [6, 6.07) is 27.4. The quantitative estimate of drug-likeness (QED) is 0.0758. The molecule has 0 aliphatic carbocycles. The number of carbonyl (C=O) groups excluding carboxylic acids is 2. The van der Waals surface area contributed by atoms with E-state index in [2.05, 4.69) is 0 Å². The zero-order valence-electron chi connectivity index (χ0n) is 26.3. The van der Waals surface area contributed by atoms with Crippen LogP contribution in [0.15, 0.2) is 97.1 Å². The van der Waals surface area contributed by atoms with E-state index in [4.69, 9.17) is 48.0 Å². The fraction of sp³-hybridized carbons (Fsp3) is 0.278. The minimum atomic E-state index is -0.622. The van der Waals surface area contributed by atoms with Gasteiger partial charge in [-0.2, -0.15) is 4.89 Å². The van der Waals surface area contributed by atoms with Crippen molar-refractivity contribution in [3.8, 4) is 23.0 Å². The highest BCUT2D eigenvalue weighted by molar-refractivity contribution is 5.92. The van der Waals surface area contributed by atoms with Gasteiger partial charge in [-0.25, -0.2) is 19.4 Å². The van der Waals surface area contributed by atoms with Crippen molar-refractivity contribution < 1.29 is 57.6 Å². The van der Waals surface area contributed by atoms with Gasteiger partial charge in [-0.15, -0.1) is 0 Å². The van der Waals surface area contributed by atoms with Crippen molar-refractivity contribution in [2.45, 2.75) is 37.6 Å². The van der Waals surface area contributed by atoms with Crippen LogP contribution in [0.25, 0.3) is 0 Å². The number of hydrogen-bond acceptors (Lipinski definition) is 12. The SMILES string of the molecule is COc1ccc(COOc2ccc(COO[C@H]3CO[C@H]4[C@@H]3OC[C@H]4OC(=O)c3ccc(OC(=O)c4ccc(OC)cc4)cc3)cc2)cc1. The highest BCUT2D eigenvalue weighted by Crippen LogP contribution is 2.31. The first-order chi connectivity index (χ1) is 23.5. The van der Waals surface area contributed by atoms with Gasteiger partial charge in [-0.05, 0) is 83.9 Å². The number of carbonyl (C=O) groups is 2. The fourth-order valence-electron chi connectivity index (χ4n) is 5.09. The predicted molar refractivity (Wildman–Crippen MR) is 168 cm³/mol. The van der Waals surface area contributed by atoms with Crippen molar-refractivity contribution >= 4 is 11.9 Å². The van der Waals surface area contributed by atoms with Crippen molar-refractivity contribution in [2.75, 3.05) is 27.4 Å². The van der Waals surface area contributed by atoms with Crippen molar-refractivity contribution in [1.82, 2.24) is 0 Å². The van der Waals surface area contributed by atoms with Crippen molar-refractivity contribution in [3.63, 3.8) is 0 Å². The zero-order chi connectivity index (χ0) is 33.3. The molecule has 250 valence electrons. The number of methoxy groups -OCH3 is 2. The third-order valence-corrected chi connectivity index (χ3v) is 7.73. The molecule has 4 aromatic rings. The van der Waals surface area contributed by atoms with E-state index in [0.29, 0.717) is 17.1 Å². The lowest BCUT2D eigenvalue weighted by Gasteiger charge is -2.17. The Morgan fingerprint density at radius 3 is 1.67 bits per heavy atom. The molecule has 0 saturated carbocycles. The van der Waals surface area contributed by atoms with Gasteiger partial charge in [0.15, 0.2) is 11.9 Å². The van der Waals surface area contributed by atoms with Crippen LogP contribution in [0.2, 0.25) is 0 Å². The number of esters is 2. The molecular formula is C36H34O12. The van der Waals surface area contributed by atoms with Crippen LogP contribution in [-0.4, -0.2) is 63.8 Å². The largest absolute Gasteiger partial charge is 0.497 e. The van der Waals surface area contributed by atoms with E-state index in [0.717, 1.165) is 16.9 Å². The highest BCUT2D eigenvalue weighted by Gasteiger charge is 2.50. The first-order valence-corrected chi connectivity index (χ1v) is 15.2. The second-order valence-electron chi connectivity index (χ2n) is 10.9. The smallest absolute Gasteiger partial charge is 0.343 e. The van der Waals surface area contributed by atoms with Gasteiger partial charge < -0.3 is 33.3 Å². The molecule has 12 nitrogen and oxygen atoms in total. The van der Waals surface area contributed by atoms with Gasteiger partial charge in [0.2, 0.25) is 0 Å². The van der Waals surface area contributed by atoms with Gasteiger partial charge >= 0.3 is 11.9 Å². The van der Waals surface area contributed by atoms with Gasteiger partial charge in [0, 0.05) is 0 Å². The molecule has 4 atom stereocenters. The Kier molecular flexibility index (Phi) is 10.8. The molecule has 48 heavy (non-hydrogen) atoms. The Labute approximate surface area is 276 Å². The van der Waals surface area contributed by atoms with Crippen molar-refractivity contribution in [1.29, 1.82) is 0 Å². The number of ether oxygens (including phenoxy) is 6. The van der Waals surface area contributed by atoms with Crippen LogP contribution in [0.5, 0.6) is 23.0 Å². The number of hydrogen-bond donors (Lipinski definition) is 0. The predicted octanol–water partition coefficient (Wildman–Crippen LogP) is 5.27. The topological polar surface area (TPSA) is 126 Å². The summed E-state index contributed by atoms with van der Waals surface area (Å²) in [6.45, 7) is 0.843. The molecule has 2 aliphatic rings. The van der Waals surface area contributed by atoms with Gasteiger partial charge in [0.25, 0.3) is 0 Å². The van der Waals surface area contributed by atoms with E-state index in [1.807, 2.05) is 36.4 Å². The van der Waals surface area contributed by atoms with Gasteiger partial charge in [-0.1, -0.05) is 24.3 Å². The Morgan fingerprint density at radius 1 is 0.583 bits per heavy atom. The van der Waals surface area contributed by atoms with Gasteiger partial charge in [0.1, 0.15) is 48.8 Å². The number of fused-ring (bicyclic) bond motifs is 1. The average molecular weight is 659 g/mol. The molecule has 0 aromatic heterocycles. The lowest BCUT2D eigenvalue weighted by atomic mass is 10.1. The lowest BCUT2D eigenvalue weighted by molar-refractivity contribution is -0.341. The molecule has 2 fully saturated rings. The average Bonchev–Trinajstić information content (AvgIpc) is 3.72. The van der Waals surface area contributed by atoms with Gasteiger partial charge in [-0.3, -0.25) is 0 Å². The molecule has 12 heteroatoms. The van der Waals surface area contributed by atoms with E-state index >= 15 is 0 Å². The van der Waals surface area contributed by atoms with Gasteiger partial charge in [0.05, 0.1) is 38.6 Å². The van der Waals surface area contributed by atoms with Crippen LogP contribution >= 0.6 is 0 Å². The van der Waals surface area contributed by atoms with Crippen LogP contribution in [0.1, 0.15) is 31.8 Å². The Hall–Kier alpha value is -4.98. The van der Waals surface area contributed by atoms with E-state index < -0.39 is 36.4 Å². The summed E-state index contributed by atoms with van der Waals surface area (Å²) in [7, 11) is 3.16. The summed E-state index contributed by atoms with van der Waals surface area (Å²) in [4.78, 5) is 47.0. The molecule has 4 aromatic carbocycles. The van der Waals surface area contributed by atoms with E-state index in [-0.39, 0.29) is 37.7 Å². The number of rotatable bonds is 14. The van der Waals surface area contributed by atoms with E-state index in [1.165, 1.54) is 24.3 Å². The maximum atomic E-state index is 12.9. The van der Waals surface area contributed by atoms with Crippen LogP contribution < -0.4 is 19.1 Å². The normalized spacial score (nSPS) is 19.7. The summed E-state index contributed by atoms with van der Waals surface area (Å²) < 4.78 is 33.0. The van der Waals surface area contributed by atoms with Crippen LogP contribution in [0.4, 0.5) is 0 Å². The maximum Gasteiger partial charge on any atom is 0.343 e. The first kappa shape index (κ1) is 32.9. The highest BCUT2D eigenvalue weighted by atomic mass is 17.2. The van der Waals surface area contributed by atoms with Crippen LogP contribution in [-0.2, 0) is 42.1 Å². The maximum absolute atomic E-state index is 12.9. The minimum Gasteiger partial charge on any atom is -0.497 e. The van der Waals surface area contributed by atoms with Crippen LogP contribution in [0.3, 0.4) is 0 Å². The van der Waals surface area contributed by atoms with Crippen LogP contribution in [0, 0.1) is 0 Å². The third kappa shape index (κ3) is 8.29. The summed E-state index contributed by atoms with van der Waals surface area (Å²) in [6.07, 6.45) is -2.07. The third-order valence-electron chi connectivity index (χ3n) is 7.73. The minimum absolute atomic E-state index is 0.153. The standard InChI is InChI=1S/C36H34O12/c1-39-27-11-3-23(4-12-27)19-43-47-30-13-5-24(6-14-30)20-44-48-32-22-42-33-31(21-41-34(32)33)46-36(38)26-9-17-29(18-10-26)45-35(37)25-7-15-28(40-2)16-8-25/h3-18,31-34H,19-22H2,1-2H3/t31-,32+,33-,34-/m1/s1. The Morgan fingerprint density at radius 2 is 1.06 bits per heavy atom. The summed E-state index contributed by atoms with van der Waals surface area (Å²) in [5.74, 6) is 1.15. The number of benzene rings is 4. The Bertz CT molecular complexity index is 1640. The zero-order valence-corrected chi connectivity index (χ0v) is 26.3. The molecule has 0 unspecified atom stereocenters. The summed E-state index contributed by atoms with van der Waals surface area (Å²) in [5, 5.41) is 0. The molecule has 2 aliphatic heterocycles. The first-order valence-electron chi connectivity index (χ1n) is 15.2. The van der Waals surface area contributed by atoms with E-state index in [9.17, 15) is 9.59 Å². The molecule has 6 rings (SSSR count). The molecule has 0 N–H and O–H groups in total. The second-order valence-corrected chi connectivity index (χ2v) is 10.9. The molecule has 2 heterocycles. The van der Waals surface area contributed by atoms with Crippen molar-refractivity contribution in [3.05, 3.63) is 119 Å².